The zero-order chi connectivity index (χ0) is 22.7. The predicted molar refractivity (Wildman–Crippen MR) is 125 cm³/mol. The van der Waals surface area contributed by atoms with Crippen molar-refractivity contribution in [2.24, 2.45) is 0 Å². The molecule has 1 amide bonds. The van der Waals surface area contributed by atoms with Gasteiger partial charge >= 0.3 is 0 Å². The minimum Gasteiger partial charge on any atom is -0.396 e. The van der Waals surface area contributed by atoms with Gasteiger partial charge in [-0.15, -0.1) is 0 Å². The number of hydrogen-bond donors (Lipinski definition) is 2. The largest absolute Gasteiger partial charge is 0.396 e. The fraction of sp³-hybridized carbons (Fsp3) is 0.154. The molecule has 0 radical (unpaired) electrons. The third kappa shape index (κ3) is 4.12. The highest BCUT2D eigenvalue weighted by molar-refractivity contribution is 6.20. The Hall–Kier alpha value is -3.93. The van der Waals surface area contributed by atoms with Crippen molar-refractivity contribution >= 4 is 28.6 Å². The van der Waals surface area contributed by atoms with E-state index < -0.39 is 11.7 Å². The summed E-state index contributed by atoms with van der Waals surface area (Å²) in [7, 11) is 0. The Labute approximate surface area is 185 Å². The van der Waals surface area contributed by atoms with E-state index in [0.717, 1.165) is 19.3 Å². The van der Waals surface area contributed by atoms with Crippen molar-refractivity contribution in [1.29, 1.82) is 0 Å². The van der Waals surface area contributed by atoms with Crippen molar-refractivity contribution in [1.82, 2.24) is 4.40 Å². The first-order chi connectivity index (χ1) is 15.5. The van der Waals surface area contributed by atoms with Gasteiger partial charge in [0.15, 0.2) is 0 Å². The van der Waals surface area contributed by atoms with E-state index in [-0.39, 0.29) is 22.7 Å². The number of ketones is 1. The van der Waals surface area contributed by atoms with E-state index in [2.05, 4.69) is 12.2 Å². The number of carbonyl (C=O) groups excluding carboxylic acids is 2. The molecule has 2 aromatic heterocycles. The van der Waals surface area contributed by atoms with Crippen LogP contribution in [0.2, 0.25) is 0 Å². The number of hydrogen-bond acceptors (Lipinski definition) is 3. The third-order valence-corrected chi connectivity index (χ3v) is 5.44. The molecule has 0 aliphatic heterocycles. The minimum atomic E-state index is -0.509. The molecule has 0 aliphatic carbocycles. The molecule has 0 aliphatic rings. The van der Waals surface area contributed by atoms with Crippen LogP contribution in [0.3, 0.4) is 0 Å². The molecule has 0 saturated heterocycles. The zero-order valence-corrected chi connectivity index (χ0v) is 17.8. The molecule has 0 spiro atoms. The summed E-state index contributed by atoms with van der Waals surface area (Å²) in [5, 5.41) is 2.67. The van der Waals surface area contributed by atoms with Gasteiger partial charge in [0.1, 0.15) is 11.5 Å². The van der Waals surface area contributed by atoms with Gasteiger partial charge in [-0.25, -0.2) is 4.39 Å². The number of pyridine rings is 1. The molecule has 0 bridgehead atoms. The van der Waals surface area contributed by atoms with Crippen LogP contribution in [0.25, 0.3) is 5.52 Å². The number of aromatic nitrogens is 1. The highest BCUT2D eigenvalue weighted by Gasteiger charge is 2.26. The Morgan fingerprint density at radius 2 is 1.81 bits per heavy atom. The van der Waals surface area contributed by atoms with E-state index in [4.69, 9.17) is 5.73 Å². The summed E-state index contributed by atoms with van der Waals surface area (Å²) >= 11 is 0. The monoisotopic (exact) mass is 429 g/mol. The molecule has 32 heavy (non-hydrogen) atoms. The Bertz CT molecular complexity index is 1290. The summed E-state index contributed by atoms with van der Waals surface area (Å²) in [6.45, 7) is 2.14. The van der Waals surface area contributed by atoms with Crippen LogP contribution in [0.15, 0.2) is 72.9 Å². The summed E-state index contributed by atoms with van der Waals surface area (Å²) < 4.78 is 15.2. The number of halogens is 1. The van der Waals surface area contributed by atoms with Gasteiger partial charge in [0.2, 0.25) is 5.78 Å². The van der Waals surface area contributed by atoms with Gasteiger partial charge in [-0.3, -0.25) is 9.59 Å². The lowest BCUT2D eigenvalue weighted by atomic mass is 10.0. The molecule has 0 unspecified atom stereocenters. The first kappa shape index (κ1) is 21.3. The molecule has 0 fully saturated rings. The standard InChI is InChI=1S/C26H24FN3O2/c1-2-3-7-17-11-13-18(14-12-17)25(31)24-23(28)22(21-10-4-5-15-30(21)24)26(32)29-20-9-6-8-19(27)16-20/h4-6,8-16H,2-3,7,28H2,1H3,(H,29,32). The topological polar surface area (TPSA) is 76.6 Å². The van der Waals surface area contributed by atoms with Gasteiger partial charge in [-0.1, -0.05) is 49.7 Å². The molecule has 5 nitrogen and oxygen atoms in total. The molecule has 0 saturated carbocycles. The van der Waals surface area contributed by atoms with Crippen molar-refractivity contribution < 1.29 is 14.0 Å². The Morgan fingerprint density at radius 3 is 2.53 bits per heavy atom. The van der Waals surface area contributed by atoms with Crippen LogP contribution in [-0.4, -0.2) is 16.1 Å². The predicted octanol–water partition coefficient (Wildman–Crippen LogP) is 5.49. The quantitative estimate of drug-likeness (QED) is 0.382. The maximum absolute atomic E-state index is 13.5. The molecule has 4 aromatic rings. The number of aryl methyl sites for hydroxylation is 1. The van der Waals surface area contributed by atoms with Crippen LogP contribution in [-0.2, 0) is 6.42 Å². The number of fused-ring (bicyclic) bond motifs is 1. The van der Waals surface area contributed by atoms with E-state index in [1.165, 1.54) is 23.8 Å². The summed E-state index contributed by atoms with van der Waals surface area (Å²) in [4.78, 5) is 26.4. The lowest BCUT2D eigenvalue weighted by Crippen LogP contribution is -2.14. The maximum atomic E-state index is 13.5. The van der Waals surface area contributed by atoms with Crippen LogP contribution in [0, 0.1) is 5.82 Å². The fourth-order valence-electron chi connectivity index (χ4n) is 3.80. The number of nitrogens with one attached hydrogen (secondary N) is 1. The van der Waals surface area contributed by atoms with Gasteiger partial charge in [0.25, 0.3) is 5.91 Å². The van der Waals surface area contributed by atoms with Crippen molar-refractivity contribution in [3.05, 3.63) is 101 Å². The van der Waals surface area contributed by atoms with Crippen LogP contribution in [0.5, 0.6) is 0 Å². The smallest absolute Gasteiger partial charge is 0.259 e. The van der Waals surface area contributed by atoms with E-state index in [1.807, 2.05) is 12.1 Å². The molecule has 2 aromatic carbocycles. The van der Waals surface area contributed by atoms with Crippen molar-refractivity contribution in [2.75, 3.05) is 11.1 Å². The summed E-state index contributed by atoms with van der Waals surface area (Å²) in [6.07, 6.45) is 4.86. The normalized spacial score (nSPS) is 10.9. The summed E-state index contributed by atoms with van der Waals surface area (Å²) in [5.74, 6) is -1.24. The van der Waals surface area contributed by atoms with Gasteiger partial charge in [-0.05, 0) is 48.7 Å². The lowest BCUT2D eigenvalue weighted by Gasteiger charge is -2.06. The molecule has 6 heteroatoms. The van der Waals surface area contributed by atoms with E-state index in [9.17, 15) is 14.0 Å². The van der Waals surface area contributed by atoms with Crippen molar-refractivity contribution in [3.63, 3.8) is 0 Å². The lowest BCUT2D eigenvalue weighted by molar-refractivity contribution is 0.102. The Kier molecular flexibility index (Phi) is 6.03. The average Bonchev–Trinajstić information content (AvgIpc) is 3.09. The van der Waals surface area contributed by atoms with Crippen LogP contribution in [0.1, 0.15) is 51.7 Å². The zero-order valence-electron chi connectivity index (χ0n) is 17.8. The number of nitrogens with two attached hydrogens (primary N) is 1. The second-order valence-electron chi connectivity index (χ2n) is 7.69. The van der Waals surface area contributed by atoms with Crippen molar-refractivity contribution in [3.8, 4) is 0 Å². The Morgan fingerprint density at radius 1 is 1.03 bits per heavy atom. The first-order valence-electron chi connectivity index (χ1n) is 10.6. The highest BCUT2D eigenvalue weighted by Crippen LogP contribution is 2.29. The van der Waals surface area contributed by atoms with E-state index in [0.29, 0.717) is 16.8 Å². The maximum Gasteiger partial charge on any atom is 0.259 e. The van der Waals surface area contributed by atoms with Crippen LogP contribution < -0.4 is 11.1 Å². The number of nitrogen functional groups attached to an aromatic ring is 1. The molecular formula is C26H24FN3O2. The van der Waals surface area contributed by atoms with E-state index >= 15 is 0 Å². The third-order valence-electron chi connectivity index (χ3n) is 5.44. The van der Waals surface area contributed by atoms with Gasteiger partial charge < -0.3 is 15.5 Å². The number of nitrogens with zero attached hydrogens (tertiary/aromatic N) is 1. The SMILES string of the molecule is CCCCc1ccc(C(=O)c2c(N)c(C(=O)Nc3cccc(F)c3)c3ccccn23)cc1. The fourth-order valence-corrected chi connectivity index (χ4v) is 3.80. The number of carbonyl (C=O) groups is 2. The van der Waals surface area contributed by atoms with Crippen molar-refractivity contribution in [2.45, 2.75) is 26.2 Å². The summed E-state index contributed by atoms with van der Waals surface area (Å²) in [6, 6.07) is 18.4. The number of benzene rings is 2. The second-order valence-corrected chi connectivity index (χ2v) is 7.69. The molecule has 4 rings (SSSR count). The second kappa shape index (κ2) is 9.06. The van der Waals surface area contributed by atoms with Crippen LogP contribution >= 0.6 is 0 Å². The number of anilines is 2. The number of unbranched alkanes of at least 4 members (excludes halogenated alkanes) is 1. The molecule has 0 atom stereocenters. The number of amides is 1. The van der Waals surface area contributed by atoms with Gasteiger partial charge in [-0.2, -0.15) is 0 Å². The van der Waals surface area contributed by atoms with Gasteiger partial charge in [0, 0.05) is 17.4 Å². The molecule has 3 N–H and O–H groups in total. The molecule has 162 valence electrons. The molecule has 2 heterocycles. The average molecular weight is 429 g/mol. The van der Waals surface area contributed by atoms with Gasteiger partial charge in [0.05, 0.1) is 16.8 Å². The minimum absolute atomic E-state index is 0.0881. The Balaban J connectivity index is 1.72. The van der Waals surface area contributed by atoms with E-state index in [1.54, 1.807) is 47.0 Å². The van der Waals surface area contributed by atoms with Crippen LogP contribution in [0.4, 0.5) is 15.8 Å². The number of rotatable bonds is 7. The highest BCUT2D eigenvalue weighted by atomic mass is 19.1. The molecular weight excluding hydrogens is 405 g/mol. The summed E-state index contributed by atoms with van der Waals surface area (Å²) in [5.41, 5.74) is 9.33. The first-order valence-corrected chi connectivity index (χ1v) is 10.6.